The largest absolute Gasteiger partial charge is 0.396 e. The number of fused-ring (bicyclic) bond motifs is 2. The van der Waals surface area contributed by atoms with E-state index >= 15 is 0 Å². The van der Waals surface area contributed by atoms with E-state index in [1.54, 1.807) is 0 Å². The molecule has 98 valence electrons. The van der Waals surface area contributed by atoms with Gasteiger partial charge in [-0.05, 0) is 36.5 Å². The summed E-state index contributed by atoms with van der Waals surface area (Å²) >= 11 is 0. The second-order valence-corrected chi connectivity index (χ2v) is 5.17. The molecule has 1 fully saturated rings. The van der Waals surface area contributed by atoms with Crippen LogP contribution in [0.3, 0.4) is 0 Å². The third kappa shape index (κ3) is 2.88. The Labute approximate surface area is 102 Å². The number of hydrogen-bond donors (Lipinski definition) is 3. The fourth-order valence-corrected chi connectivity index (χ4v) is 3.12. The van der Waals surface area contributed by atoms with Gasteiger partial charge in [-0.1, -0.05) is 12.2 Å². The van der Waals surface area contributed by atoms with Crippen LogP contribution < -0.4 is 0 Å². The van der Waals surface area contributed by atoms with Gasteiger partial charge in [0.2, 0.25) is 0 Å². The maximum atomic E-state index is 9.46. The molecule has 3 aliphatic carbocycles. The van der Waals surface area contributed by atoms with E-state index in [4.69, 9.17) is 9.84 Å². The lowest BCUT2D eigenvalue weighted by molar-refractivity contribution is -0.0407. The molecule has 17 heavy (non-hydrogen) atoms. The van der Waals surface area contributed by atoms with Crippen molar-refractivity contribution in [1.82, 2.24) is 0 Å². The lowest BCUT2D eigenvalue weighted by Gasteiger charge is -2.44. The summed E-state index contributed by atoms with van der Waals surface area (Å²) in [6.45, 7) is 0.683. The molecular formula is C13H22O4. The van der Waals surface area contributed by atoms with Gasteiger partial charge in [-0.2, -0.15) is 0 Å². The summed E-state index contributed by atoms with van der Waals surface area (Å²) in [6, 6.07) is 0. The number of hydrogen-bond acceptors (Lipinski definition) is 4. The zero-order chi connectivity index (χ0) is 12.3. The van der Waals surface area contributed by atoms with Crippen LogP contribution in [-0.4, -0.2) is 47.9 Å². The second-order valence-electron chi connectivity index (χ2n) is 5.17. The SMILES string of the molecule is OCC(O)COCC1C2C=CC(CC2)C1CO. The van der Waals surface area contributed by atoms with Gasteiger partial charge in [0.15, 0.2) is 0 Å². The zero-order valence-corrected chi connectivity index (χ0v) is 10.0. The van der Waals surface area contributed by atoms with Crippen molar-refractivity contribution in [1.29, 1.82) is 0 Å². The monoisotopic (exact) mass is 242 g/mol. The predicted molar refractivity (Wildman–Crippen MR) is 63.3 cm³/mol. The highest BCUT2D eigenvalue weighted by Crippen LogP contribution is 2.44. The summed E-state index contributed by atoms with van der Waals surface area (Å²) < 4.78 is 5.46. The van der Waals surface area contributed by atoms with Gasteiger partial charge in [0, 0.05) is 6.61 Å². The predicted octanol–water partition coefficient (Wildman–Crippen LogP) is 0.177. The number of rotatable bonds is 6. The Morgan fingerprint density at radius 1 is 1.12 bits per heavy atom. The minimum Gasteiger partial charge on any atom is -0.396 e. The van der Waals surface area contributed by atoms with E-state index in [-0.39, 0.29) is 19.8 Å². The van der Waals surface area contributed by atoms with Crippen LogP contribution in [0.4, 0.5) is 0 Å². The first kappa shape index (κ1) is 13.0. The van der Waals surface area contributed by atoms with E-state index in [1.807, 2.05) is 0 Å². The molecule has 3 rings (SSSR count). The van der Waals surface area contributed by atoms with Gasteiger partial charge in [-0.3, -0.25) is 0 Å². The van der Waals surface area contributed by atoms with Gasteiger partial charge in [-0.25, -0.2) is 0 Å². The maximum absolute atomic E-state index is 9.46. The summed E-state index contributed by atoms with van der Waals surface area (Å²) in [5.41, 5.74) is 0. The van der Waals surface area contributed by atoms with Gasteiger partial charge in [0.25, 0.3) is 0 Å². The van der Waals surface area contributed by atoms with Crippen molar-refractivity contribution < 1.29 is 20.1 Å². The molecule has 0 amide bonds. The Kier molecular flexibility index (Phi) is 4.56. The van der Waals surface area contributed by atoms with Crippen LogP contribution >= 0.6 is 0 Å². The minimum atomic E-state index is -0.793. The smallest absolute Gasteiger partial charge is 0.100 e. The average Bonchev–Trinajstić information content (AvgIpc) is 2.39. The Balaban J connectivity index is 1.85. The van der Waals surface area contributed by atoms with E-state index < -0.39 is 6.10 Å². The molecule has 0 aromatic heterocycles. The van der Waals surface area contributed by atoms with Crippen molar-refractivity contribution in [2.75, 3.05) is 26.4 Å². The van der Waals surface area contributed by atoms with Crippen molar-refractivity contribution in [3.05, 3.63) is 12.2 Å². The summed E-state index contributed by atoms with van der Waals surface area (Å²) in [5, 5.41) is 27.4. The summed E-state index contributed by atoms with van der Waals surface area (Å²) in [4.78, 5) is 0. The van der Waals surface area contributed by atoms with Crippen LogP contribution in [0.15, 0.2) is 12.2 Å². The molecule has 2 bridgehead atoms. The normalized spacial score (nSPS) is 37.4. The Hall–Kier alpha value is -0.420. The maximum Gasteiger partial charge on any atom is 0.100 e. The number of allylic oxidation sites excluding steroid dienone is 2. The minimum absolute atomic E-state index is 0.173. The highest BCUT2D eigenvalue weighted by Gasteiger charge is 2.40. The Morgan fingerprint density at radius 2 is 1.76 bits per heavy atom. The molecular weight excluding hydrogens is 220 g/mol. The van der Waals surface area contributed by atoms with Crippen LogP contribution in [0.2, 0.25) is 0 Å². The van der Waals surface area contributed by atoms with E-state index in [1.165, 1.54) is 12.8 Å². The van der Waals surface area contributed by atoms with Crippen LogP contribution in [0.25, 0.3) is 0 Å². The lowest BCUT2D eigenvalue weighted by atomic mass is 9.63. The van der Waals surface area contributed by atoms with Crippen LogP contribution in [-0.2, 0) is 4.74 Å². The van der Waals surface area contributed by atoms with Gasteiger partial charge in [-0.15, -0.1) is 0 Å². The quantitative estimate of drug-likeness (QED) is 0.581. The molecule has 5 atom stereocenters. The first-order chi connectivity index (χ1) is 8.26. The van der Waals surface area contributed by atoms with Crippen molar-refractivity contribution in [3.8, 4) is 0 Å². The molecule has 0 saturated heterocycles. The first-order valence-corrected chi connectivity index (χ1v) is 6.42. The highest BCUT2D eigenvalue weighted by molar-refractivity contribution is 5.09. The molecule has 4 nitrogen and oxygen atoms in total. The molecule has 3 aliphatic rings. The number of aliphatic hydroxyl groups is 3. The number of ether oxygens (including phenoxy) is 1. The fraction of sp³-hybridized carbons (Fsp3) is 0.846. The van der Waals surface area contributed by atoms with Crippen molar-refractivity contribution >= 4 is 0 Å². The van der Waals surface area contributed by atoms with Crippen LogP contribution in [0, 0.1) is 23.7 Å². The molecule has 1 saturated carbocycles. The third-order valence-corrected chi connectivity index (χ3v) is 4.13. The highest BCUT2D eigenvalue weighted by atomic mass is 16.5. The Morgan fingerprint density at radius 3 is 2.29 bits per heavy atom. The van der Waals surface area contributed by atoms with Crippen molar-refractivity contribution in [2.24, 2.45) is 23.7 Å². The second kappa shape index (κ2) is 5.96. The third-order valence-electron chi connectivity index (χ3n) is 4.13. The summed E-state index contributed by atoms with van der Waals surface area (Å²) in [6.07, 6.45) is 6.03. The van der Waals surface area contributed by atoms with Gasteiger partial charge in [0.05, 0.1) is 19.8 Å². The fourth-order valence-electron chi connectivity index (χ4n) is 3.12. The molecule has 0 radical (unpaired) electrons. The topological polar surface area (TPSA) is 69.9 Å². The number of aliphatic hydroxyl groups excluding tert-OH is 3. The first-order valence-electron chi connectivity index (χ1n) is 6.42. The summed E-state index contributed by atoms with van der Waals surface area (Å²) in [5.74, 6) is 1.64. The van der Waals surface area contributed by atoms with E-state index in [2.05, 4.69) is 12.2 Å². The molecule has 3 N–H and O–H groups in total. The molecule has 0 spiro atoms. The van der Waals surface area contributed by atoms with Gasteiger partial charge in [0.1, 0.15) is 6.10 Å². The Bertz CT molecular complexity index is 266. The van der Waals surface area contributed by atoms with E-state index in [0.717, 1.165) is 0 Å². The summed E-state index contributed by atoms with van der Waals surface area (Å²) in [7, 11) is 0. The zero-order valence-electron chi connectivity index (χ0n) is 10.0. The van der Waals surface area contributed by atoms with Gasteiger partial charge < -0.3 is 20.1 Å². The average molecular weight is 242 g/mol. The molecule has 5 unspecified atom stereocenters. The van der Waals surface area contributed by atoms with E-state index in [0.29, 0.717) is 30.3 Å². The van der Waals surface area contributed by atoms with Crippen LogP contribution in [0.5, 0.6) is 0 Å². The lowest BCUT2D eigenvalue weighted by Crippen LogP contribution is -2.41. The molecule has 0 heterocycles. The standard InChI is InChI=1S/C13H22O4/c14-5-11(16)7-17-8-13-10-3-1-9(2-4-10)12(13)6-15/h1,3,9-16H,2,4-8H2. The van der Waals surface area contributed by atoms with Gasteiger partial charge >= 0.3 is 0 Å². The van der Waals surface area contributed by atoms with Crippen molar-refractivity contribution in [2.45, 2.75) is 18.9 Å². The van der Waals surface area contributed by atoms with Crippen molar-refractivity contribution in [3.63, 3.8) is 0 Å². The molecule has 0 aromatic rings. The van der Waals surface area contributed by atoms with Crippen LogP contribution in [0.1, 0.15) is 12.8 Å². The molecule has 0 aliphatic heterocycles. The van der Waals surface area contributed by atoms with E-state index in [9.17, 15) is 10.2 Å². The molecule has 0 aromatic carbocycles. The molecule has 4 heteroatoms.